The Hall–Kier alpha value is -0.590. The van der Waals surface area contributed by atoms with Gasteiger partial charge in [0.25, 0.3) is 0 Å². The summed E-state index contributed by atoms with van der Waals surface area (Å²) in [5, 5.41) is 18.0. The van der Waals surface area contributed by atoms with E-state index < -0.39 is 12.0 Å². The van der Waals surface area contributed by atoms with Gasteiger partial charge in [0.15, 0.2) is 0 Å². The molecule has 0 aliphatic carbocycles. The van der Waals surface area contributed by atoms with Crippen molar-refractivity contribution in [2.75, 3.05) is 0 Å². The minimum absolute atomic E-state index is 0.0921. The lowest BCUT2D eigenvalue weighted by Crippen LogP contribution is -2.32. The van der Waals surface area contributed by atoms with E-state index in [1.54, 1.807) is 6.07 Å². The molecule has 15 heavy (non-hydrogen) atoms. The van der Waals surface area contributed by atoms with Crippen molar-refractivity contribution < 1.29 is 15.0 Å². The number of carboxylic acid groups (broad SMARTS) is 1. The minimum Gasteiger partial charge on any atom is -0.507 e. The zero-order valence-corrected chi connectivity index (χ0v) is 10.7. The van der Waals surface area contributed by atoms with E-state index >= 15 is 0 Å². The minimum atomic E-state index is -1.05. The summed E-state index contributed by atoms with van der Waals surface area (Å²) in [6.45, 7) is 0. The van der Waals surface area contributed by atoms with Crippen LogP contribution < -0.4 is 5.73 Å². The van der Waals surface area contributed by atoms with Crippen molar-refractivity contribution in [3.8, 4) is 5.75 Å². The van der Waals surface area contributed by atoms with Crippen LogP contribution in [0.5, 0.6) is 5.75 Å². The second kappa shape index (κ2) is 4.96. The fraction of sp³-hybridized carbons (Fsp3) is 0.222. The third-order valence-corrected chi connectivity index (χ3v) is 4.14. The number of carbonyl (C=O) groups is 1. The van der Waals surface area contributed by atoms with Gasteiger partial charge in [-0.15, -0.1) is 0 Å². The van der Waals surface area contributed by atoms with Crippen molar-refractivity contribution in [2.24, 2.45) is 5.73 Å². The third-order valence-electron chi connectivity index (χ3n) is 1.90. The molecule has 0 fully saturated rings. The van der Waals surface area contributed by atoms with Gasteiger partial charge in [0, 0.05) is 4.47 Å². The van der Waals surface area contributed by atoms with Crippen molar-refractivity contribution in [3.63, 3.8) is 0 Å². The molecule has 0 amide bonds. The molecule has 1 atom stereocenters. The molecule has 6 heteroatoms. The third kappa shape index (κ3) is 2.93. The molecule has 0 radical (unpaired) electrons. The van der Waals surface area contributed by atoms with Crippen LogP contribution in [0.15, 0.2) is 21.1 Å². The van der Waals surface area contributed by atoms with Gasteiger partial charge < -0.3 is 15.9 Å². The smallest absolute Gasteiger partial charge is 0.320 e. The Labute approximate surface area is 103 Å². The van der Waals surface area contributed by atoms with E-state index in [4.69, 9.17) is 10.8 Å². The van der Waals surface area contributed by atoms with Crippen LogP contribution in [-0.4, -0.2) is 22.2 Å². The van der Waals surface area contributed by atoms with Gasteiger partial charge in [0.1, 0.15) is 11.8 Å². The van der Waals surface area contributed by atoms with E-state index in [1.807, 2.05) is 0 Å². The van der Waals surface area contributed by atoms with Gasteiger partial charge in [-0.25, -0.2) is 0 Å². The number of halogens is 2. The van der Waals surface area contributed by atoms with Crippen molar-refractivity contribution in [2.45, 2.75) is 12.5 Å². The highest BCUT2D eigenvalue weighted by atomic mass is 79.9. The summed E-state index contributed by atoms with van der Waals surface area (Å²) in [6.07, 6.45) is 0.203. The number of aliphatic carboxylic acids is 1. The van der Waals surface area contributed by atoms with Crippen LogP contribution in [0.4, 0.5) is 0 Å². The number of phenolic OH excluding ortho intramolecular Hbond substituents is 1. The zero-order chi connectivity index (χ0) is 11.6. The van der Waals surface area contributed by atoms with Crippen molar-refractivity contribution >= 4 is 37.8 Å². The molecule has 0 bridgehead atoms. The average Bonchev–Trinajstić information content (AvgIpc) is 2.18. The van der Waals surface area contributed by atoms with Gasteiger partial charge in [0.2, 0.25) is 0 Å². The number of carboxylic acids is 1. The molecule has 1 aromatic rings. The summed E-state index contributed by atoms with van der Waals surface area (Å²) in [4.78, 5) is 10.6. The number of aromatic hydroxyl groups is 1. The zero-order valence-electron chi connectivity index (χ0n) is 7.58. The molecular formula is C9H9Br2NO3. The number of nitrogens with two attached hydrogens (primary N) is 1. The van der Waals surface area contributed by atoms with Gasteiger partial charge in [-0.2, -0.15) is 0 Å². The Kier molecular flexibility index (Phi) is 4.12. The van der Waals surface area contributed by atoms with E-state index in [0.29, 0.717) is 8.95 Å². The van der Waals surface area contributed by atoms with Crippen LogP contribution in [0, 0.1) is 0 Å². The van der Waals surface area contributed by atoms with Gasteiger partial charge in [-0.1, -0.05) is 6.07 Å². The van der Waals surface area contributed by atoms with Crippen LogP contribution in [0.3, 0.4) is 0 Å². The predicted molar refractivity (Wildman–Crippen MR) is 62.8 cm³/mol. The first-order valence-corrected chi connectivity index (χ1v) is 5.66. The van der Waals surface area contributed by atoms with Gasteiger partial charge in [-0.3, -0.25) is 4.79 Å². The molecule has 0 saturated heterocycles. The Bertz CT molecular complexity index is 395. The molecule has 0 saturated carbocycles. The second-order valence-corrected chi connectivity index (χ2v) is 4.61. The molecule has 4 N–H and O–H groups in total. The lowest BCUT2D eigenvalue weighted by Gasteiger charge is -2.10. The second-order valence-electron chi connectivity index (χ2n) is 3.02. The van der Waals surface area contributed by atoms with Crippen LogP contribution >= 0.6 is 31.9 Å². The molecule has 0 heterocycles. The predicted octanol–water partition coefficient (Wildman–Crippen LogP) is 1.87. The Morgan fingerprint density at radius 3 is 2.53 bits per heavy atom. The maximum atomic E-state index is 10.6. The molecule has 0 spiro atoms. The van der Waals surface area contributed by atoms with Crippen LogP contribution in [0.2, 0.25) is 0 Å². The largest absolute Gasteiger partial charge is 0.507 e. The summed E-state index contributed by atoms with van der Waals surface area (Å²) < 4.78 is 1.12. The summed E-state index contributed by atoms with van der Waals surface area (Å²) in [5.74, 6) is -0.958. The van der Waals surface area contributed by atoms with Crippen molar-refractivity contribution in [3.05, 3.63) is 26.6 Å². The first-order chi connectivity index (χ1) is 6.93. The Morgan fingerprint density at radius 1 is 1.40 bits per heavy atom. The standard InChI is InChI=1S/C9H9Br2NO3/c10-7-4(3-5(12)9(14)15)1-2-6(13)8(7)11/h1-2,5,13H,3,12H2,(H,14,15)/t5-/m0/s1. The average molecular weight is 339 g/mol. The van der Waals surface area contributed by atoms with E-state index in [2.05, 4.69) is 31.9 Å². The summed E-state index contributed by atoms with van der Waals surface area (Å²) in [6, 6.07) is 2.17. The molecule has 1 aromatic carbocycles. The number of hydrogen-bond donors (Lipinski definition) is 3. The molecule has 0 aliphatic rings. The van der Waals surface area contributed by atoms with Crippen LogP contribution in [0.1, 0.15) is 5.56 Å². The summed E-state index contributed by atoms with van der Waals surface area (Å²) >= 11 is 6.43. The molecule has 82 valence electrons. The lowest BCUT2D eigenvalue weighted by molar-refractivity contribution is -0.138. The van der Waals surface area contributed by atoms with Crippen molar-refractivity contribution in [1.82, 2.24) is 0 Å². The molecule has 4 nitrogen and oxygen atoms in total. The maximum Gasteiger partial charge on any atom is 0.320 e. The Balaban J connectivity index is 2.97. The van der Waals surface area contributed by atoms with Crippen molar-refractivity contribution in [1.29, 1.82) is 0 Å². The number of benzene rings is 1. The van der Waals surface area contributed by atoms with Gasteiger partial charge in [-0.05, 0) is 49.9 Å². The van der Waals surface area contributed by atoms with E-state index in [-0.39, 0.29) is 12.2 Å². The number of hydrogen-bond acceptors (Lipinski definition) is 3. The number of phenols is 1. The fourth-order valence-electron chi connectivity index (χ4n) is 1.06. The highest BCUT2D eigenvalue weighted by Crippen LogP contribution is 2.34. The lowest BCUT2D eigenvalue weighted by atomic mass is 10.1. The number of rotatable bonds is 3. The molecule has 0 unspecified atom stereocenters. The maximum absolute atomic E-state index is 10.6. The van der Waals surface area contributed by atoms with E-state index in [0.717, 1.165) is 5.56 Å². The summed E-state index contributed by atoms with van der Waals surface area (Å²) in [7, 11) is 0. The summed E-state index contributed by atoms with van der Waals surface area (Å²) in [5.41, 5.74) is 6.14. The molecule has 0 aliphatic heterocycles. The first-order valence-electron chi connectivity index (χ1n) is 4.07. The fourth-order valence-corrected chi connectivity index (χ4v) is 1.95. The quantitative estimate of drug-likeness (QED) is 0.785. The van der Waals surface area contributed by atoms with Crippen LogP contribution in [-0.2, 0) is 11.2 Å². The van der Waals surface area contributed by atoms with E-state index in [1.165, 1.54) is 6.07 Å². The first kappa shape index (κ1) is 12.5. The highest BCUT2D eigenvalue weighted by molar-refractivity contribution is 9.13. The molecular weight excluding hydrogens is 330 g/mol. The molecule has 0 aromatic heterocycles. The van der Waals surface area contributed by atoms with Gasteiger partial charge in [0.05, 0.1) is 4.47 Å². The van der Waals surface area contributed by atoms with E-state index in [9.17, 15) is 9.90 Å². The Morgan fingerprint density at radius 2 is 2.00 bits per heavy atom. The normalized spacial score (nSPS) is 12.5. The SMILES string of the molecule is N[C@@H](Cc1ccc(O)c(Br)c1Br)C(=O)O. The molecule has 1 rings (SSSR count). The van der Waals surface area contributed by atoms with Crippen LogP contribution in [0.25, 0.3) is 0 Å². The monoisotopic (exact) mass is 337 g/mol. The topological polar surface area (TPSA) is 83.5 Å². The van der Waals surface area contributed by atoms with Gasteiger partial charge >= 0.3 is 5.97 Å². The highest BCUT2D eigenvalue weighted by Gasteiger charge is 2.16.